The summed E-state index contributed by atoms with van der Waals surface area (Å²) in [4.78, 5) is 30.8. The van der Waals surface area contributed by atoms with Crippen molar-refractivity contribution in [2.24, 2.45) is 0 Å². The van der Waals surface area contributed by atoms with Crippen molar-refractivity contribution in [1.82, 2.24) is 15.5 Å². The molecule has 44 heavy (non-hydrogen) atoms. The zero-order valence-corrected chi connectivity index (χ0v) is 27.1. The van der Waals surface area contributed by atoms with Gasteiger partial charge in [0.2, 0.25) is 11.8 Å². The first-order chi connectivity index (χ1) is 21.2. The second kappa shape index (κ2) is 14.8. The second-order valence-electron chi connectivity index (χ2n) is 11.1. The number of carbonyl (C=O) groups excluding carboxylic acids is 2. The van der Waals surface area contributed by atoms with Gasteiger partial charge in [-0.1, -0.05) is 46.9 Å². The molecule has 3 aromatic carbocycles. The number of likely N-dealkylation sites (N-methyl/N-ethyl adjacent to an activating group) is 1. The van der Waals surface area contributed by atoms with Crippen LogP contribution < -0.4 is 25.0 Å². The SMILES string of the molecule is CNCCc1ccc(Cl)c(CN(C(=O)[C@H]2CNCC(=O)N2c2ccc(OCCOc3c(Cl)cc(C)cc3Cl)cc2)C2CC2)c1. The zero-order valence-electron chi connectivity index (χ0n) is 24.9. The molecule has 1 saturated carbocycles. The Morgan fingerprint density at radius 3 is 2.39 bits per heavy atom. The molecule has 5 rings (SSSR count). The lowest BCUT2D eigenvalue weighted by Gasteiger charge is -2.38. The Hall–Kier alpha value is -3.01. The van der Waals surface area contributed by atoms with E-state index < -0.39 is 6.04 Å². The van der Waals surface area contributed by atoms with Crippen LogP contribution >= 0.6 is 34.8 Å². The topological polar surface area (TPSA) is 83.1 Å². The van der Waals surface area contributed by atoms with Crippen molar-refractivity contribution < 1.29 is 19.1 Å². The number of hydrogen-bond donors (Lipinski definition) is 2. The Morgan fingerprint density at radius 1 is 1.00 bits per heavy atom. The van der Waals surface area contributed by atoms with Gasteiger partial charge in [-0.3, -0.25) is 14.5 Å². The number of benzene rings is 3. The summed E-state index contributed by atoms with van der Waals surface area (Å²) in [5.41, 5.74) is 3.67. The van der Waals surface area contributed by atoms with E-state index in [1.54, 1.807) is 41.3 Å². The molecule has 1 saturated heterocycles. The van der Waals surface area contributed by atoms with Crippen molar-refractivity contribution in [3.63, 3.8) is 0 Å². The number of nitrogens with one attached hydrogen (secondary N) is 2. The molecule has 0 aromatic heterocycles. The molecule has 0 unspecified atom stereocenters. The van der Waals surface area contributed by atoms with Crippen LogP contribution in [-0.2, 0) is 22.6 Å². The normalized spacial score (nSPS) is 16.6. The zero-order chi connectivity index (χ0) is 31.2. The van der Waals surface area contributed by atoms with Gasteiger partial charge in [0.25, 0.3) is 0 Å². The van der Waals surface area contributed by atoms with E-state index in [9.17, 15) is 9.59 Å². The van der Waals surface area contributed by atoms with E-state index in [2.05, 4.69) is 16.7 Å². The van der Waals surface area contributed by atoms with Crippen LogP contribution in [0.3, 0.4) is 0 Å². The summed E-state index contributed by atoms with van der Waals surface area (Å²) in [5, 5.41) is 7.83. The summed E-state index contributed by atoms with van der Waals surface area (Å²) >= 11 is 19.1. The first-order valence-corrected chi connectivity index (χ1v) is 15.9. The smallest absolute Gasteiger partial charge is 0.247 e. The third-order valence-electron chi connectivity index (χ3n) is 7.72. The maximum Gasteiger partial charge on any atom is 0.247 e. The summed E-state index contributed by atoms with van der Waals surface area (Å²) in [6, 6.07) is 16.2. The summed E-state index contributed by atoms with van der Waals surface area (Å²) in [7, 11) is 1.92. The van der Waals surface area contributed by atoms with Gasteiger partial charge in [0.05, 0.1) is 16.6 Å². The van der Waals surface area contributed by atoms with Crippen molar-refractivity contribution in [3.8, 4) is 11.5 Å². The fourth-order valence-electron chi connectivity index (χ4n) is 5.34. The minimum absolute atomic E-state index is 0.0874. The van der Waals surface area contributed by atoms with Crippen LogP contribution in [0, 0.1) is 6.92 Å². The molecule has 0 radical (unpaired) electrons. The predicted molar refractivity (Wildman–Crippen MR) is 175 cm³/mol. The highest BCUT2D eigenvalue weighted by Crippen LogP contribution is 2.35. The van der Waals surface area contributed by atoms with Crippen LogP contribution in [0.1, 0.15) is 29.5 Å². The fourth-order valence-corrected chi connectivity index (χ4v) is 6.22. The predicted octanol–water partition coefficient (Wildman–Crippen LogP) is 5.67. The maximum absolute atomic E-state index is 14.1. The molecule has 1 aliphatic carbocycles. The van der Waals surface area contributed by atoms with Crippen molar-refractivity contribution in [3.05, 3.63) is 86.4 Å². The third kappa shape index (κ3) is 7.98. The van der Waals surface area contributed by atoms with E-state index in [1.807, 2.05) is 31.0 Å². The molecule has 1 atom stereocenters. The number of carbonyl (C=O) groups is 2. The van der Waals surface area contributed by atoms with E-state index in [-0.39, 0.29) is 37.6 Å². The fraction of sp³-hybridized carbons (Fsp3) is 0.394. The van der Waals surface area contributed by atoms with Crippen LogP contribution in [0.4, 0.5) is 5.69 Å². The molecular weight excluding hydrogens is 623 g/mol. The molecule has 1 aliphatic heterocycles. The van der Waals surface area contributed by atoms with Crippen molar-refractivity contribution in [2.75, 3.05) is 44.8 Å². The quantitative estimate of drug-likeness (QED) is 0.230. The lowest BCUT2D eigenvalue weighted by molar-refractivity contribution is -0.136. The molecule has 3 aromatic rings. The van der Waals surface area contributed by atoms with Crippen LogP contribution in [-0.4, -0.2) is 68.7 Å². The first kappa shape index (κ1) is 32.4. The summed E-state index contributed by atoms with van der Waals surface area (Å²) < 4.78 is 11.6. The Morgan fingerprint density at radius 2 is 1.70 bits per heavy atom. The molecule has 2 amide bonds. The van der Waals surface area contributed by atoms with Crippen molar-refractivity contribution in [1.29, 1.82) is 0 Å². The number of amides is 2. The van der Waals surface area contributed by atoms with Gasteiger partial charge in [-0.25, -0.2) is 0 Å². The Labute approximate surface area is 273 Å². The van der Waals surface area contributed by atoms with Crippen LogP contribution in [0.2, 0.25) is 15.1 Å². The van der Waals surface area contributed by atoms with Gasteiger partial charge in [-0.2, -0.15) is 0 Å². The number of aryl methyl sites for hydroxylation is 1. The van der Waals surface area contributed by atoms with Gasteiger partial charge in [0.15, 0.2) is 5.75 Å². The number of ether oxygens (including phenoxy) is 2. The molecule has 11 heteroatoms. The highest BCUT2D eigenvalue weighted by atomic mass is 35.5. The van der Waals surface area contributed by atoms with E-state index in [0.717, 1.165) is 42.5 Å². The average Bonchev–Trinajstić information content (AvgIpc) is 3.84. The Bertz CT molecular complexity index is 1460. The van der Waals surface area contributed by atoms with Crippen molar-refractivity contribution in [2.45, 2.75) is 44.8 Å². The molecule has 8 nitrogen and oxygen atoms in total. The molecular formula is C33H37Cl3N4O4. The Balaban J connectivity index is 1.25. The third-order valence-corrected chi connectivity index (χ3v) is 8.65. The van der Waals surface area contributed by atoms with Gasteiger partial charge in [0.1, 0.15) is 25.0 Å². The summed E-state index contributed by atoms with van der Waals surface area (Å²) in [6.07, 6.45) is 2.75. The Kier molecular flexibility index (Phi) is 10.9. The highest BCUT2D eigenvalue weighted by Gasteiger charge is 2.41. The monoisotopic (exact) mass is 658 g/mol. The number of piperazine rings is 1. The summed E-state index contributed by atoms with van der Waals surface area (Å²) in [6.45, 7) is 4.20. The standard InChI is InChI=1S/C33H37Cl3N4O4/c1-21-15-28(35)32(29(36)16-21)44-14-13-43-26-8-6-25(7-9-26)40-30(18-38-19-31(40)41)33(42)39(24-4-5-24)20-23-17-22(11-12-37-2)3-10-27(23)34/h3,6-10,15-17,24,30,37-38H,4-5,11-14,18-20H2,1-2H3/t30-/m1/s1. The first-order valence-electron chi connectivity index (χ1n) is 14.8. The van der Waals surface area contributed by atoms with Gasteiger partial charge in [-0.15, -0.1) is 0 Å². The van der Waals surface area contributed by atoms with E-state index in [1.165, 1.54) is 0 Å². The number of rotatable bonds is 13. The maximum atomic E-state index is 14.1. The minimum atomic E-state index is -0.674. The number of halogens is 3. The molecule has 1 heterocycles. The molecule has 234 valence electrons. The van der Waals surface area contributed by atoms with E-state index in [0.29, 0.717) is 45.3 Å². The molecule has 0 bridgehead atoms. The molecule has 0 spiro atoms. The minimum Gasteiger partial charge on any atom is -0.490 e. The number of anilines is 1. The van der Waals surface area contributed by atoms with Crippen LogP contribution in [0.15, 0.2) is 54.6 Å². The van der Waals surface area contributed by atoms with Gasteiger partial charge >= 0.3 is 0 Å². The average molecular weight is 660 g/mol. The number of hydrogen-bond acceptors (Lipinski definition) is 6. The van der Waals surface area contributed by atoms with Gasteiger partial charge < -0.3 is 25.0 Å². The largest absolute Gasteiger partial charge is 0.490 e. The van der Waals surface area contributed by atoms with E-state index >= 15 is 0 Å². The molecule has 2 N–H and O–H groups in total. The van der Waals surface area contributed by atoms with Gasteiger partial charge in [-0.05, 0) is 98.9 Å². The molecule has 2 aliphatic rings. The molecule has 2 fully saturated rings. The lowest BCUT2D eigenvalue weighted by Crippen LogP contribution is -2.61. The highest BCUT2D eigenvalue weighted by molar-refractivity contribution is 6.37. The summed E-state index contributed by atoms with van der Waals surface area (Å²) in [5.74, 6) is 0.785. The second-order valence-corrected chi connectivity index (χ2v) is 12.4. The van der Waals surface area contributed by atoms with Crippen LogP contribution in [0.5, 0.6) is 11.5 Å². The van der Waals surface area contributed by atoms with E-state index in [4.69, 9.17) is 44.3 Å². The van der Waals surface area contributed by atoms with Gasteiger partial charge in [0, 0.05) is 29.8 Å². The lowest BCUT2D eigenvalue weighted by atomic mass is 10.1. The van der Waals surface area contributed by atoms with Crippen molar-refractivity contribution >= 4 is 52.3 Å². The van der Waals surface area contributed by atoms with Crippen LogP contribution in [0.25, 0.3) is 0 Å². The number of nitrogens with zero attached hydrogens (tertiary/aromatic N) is 2.